The molecule has 0 aliphatic rings. The highest BCUT2D eigenvalue weighted by Crippen LogP contribution is 2.37. The van der Waals surface area contributed by atoms with E-state index in [1.54, 1.807) is 4.68 Å². The summed E-state index contributed by atoms with van der Waals surface area (Å²) < 4.78 is 8.76. The SMILES string of the molecule is Cc1c(Br)c([C@H](O)CCO[Si](C)(C)C(C)(C)C)nn1C. The molecule has 1 atom stereocenters. The van der Waals surface area contributed by atoms with E-state index in [4.69, 9.17) is 4.43 Å². The quantitative estimate of drug-likeness (QED) is 0.806. The summed E-state index contributed by atoms with van der Waals surface area (Å²) in [6.45, 7) is 13.6. The van der Waals surface area contributed by atoms with Gasteiger partial charge in [0.15, 0.2) is 8.32 Å². The van der Waals surface area contributed by atoms with Crippen LogP contribution < -0.4 is 0 Å². The van der Waals surface area contributed by atoms with Crippen LogP contribution >= 0.6 is 15.9 Å². The van der Waals surface area contributed by atoms with Crippen molar-refractivity contribution in [1.82, 2.24) is 9.78 Å². The first-order valence-electron chi connectivity index (χ1n) is 6.98. The van der Waals surface area contributed by atoms with Gasteiger partial charge in [0.2, 0.25) is 0 Å². The lowest BCUT2D eigenvalue weighted by Gasteiger charge is -2.36. The number of hydrogen-bond donors (Lipinski definition) is 1. The zero-order valence-corrected chi connectivity index (χ0v) is 16.2. The lowest BCUT2D eigenvalue weighted by Crippen LogP contribution is -2.41. The standard InChI is InChI=1S/C14H27BrN2O2Si/c1-10-12(15)13(16-17(10)5)11(18)8-9-19-20(6,7)14(2,3)4/h11,18H,8-9H2,1-7H3/t11-/m1/s1. The summed E-state index contributed by atoms with van der Waals surface area (Å²) in [7, 11) is 0.137. The Labute approximate surface area is 131 Å². The summed E-state index contributed by atoms with van der Waals surface area (Å²) in [4.78, 5) is 0. The van der Waals surface area contributed by atoms with Crippen LogP contribution in [-0.4, -0.2) is 29.8 Å². The molecule has 0 saturated carbocycles. The van der Waals surface area contributed by atoms with Crippen molar-refractivity contribution in [3.8, 4) is 0 Å². The van der Waals surface area contributed by atoms with Gasteiger partial charge in [-0.3, -0.25) is 4.68 Å². The smallest absolute Gasteiger partial charge is 0.191 e. The Bertz CT molecular complexity index is 466. The topological polar surface area (TPSA) is 47.3 Å². The number of rotatable bonds is 5. The van der Waals surface area contributed by atoms with E-state index in [1.165, 1.54) is 0 Å². The summed E-state index contributed by atoms with van der Waals surface area (Å²) >= 11 is 3.49. The molecule has 0 unspecified atom stereocenters. The molecule has 0 fully saturated rings. The molecule has 1 N–H and O–H groups in total. The van der Waals surface area contributed by atoms with Crippen molar-refractivity contribution in [1.29, 1.82) is 0 Å². The first-order valence-corrected chi connectivity index (χ1v) is 10.7. The number of aliphatic hydroxyl groups excluding tert-OH is 1. The molecule has 6 heteroatoms. The second kappa shape index (κ2) is 6.30. The molecule has 0 radical (unpaired) electrons. The van der Waals surface area contributed by atoms with Gasteiger partial charge in [0.1, 0.15) is 11.8 Å². The van der Waals surface area contributed by atoms with Gasteiger partial charge in [0.25, 0.3) is 0 Å². The van der Waals surface area contributed by atoms with Crippen LogP contribution in [0.1, 0.15) is 44.7 Å². The summed E-state index contributed by atoms with van der Waals surface area (Å²) in [5, 5.41) is 14.8. The van der Waals surface area contributed by atoms with Crippen LogP contribution in [0.4, 0.5) is 0 Å². The van der Waals surface area contributed by atoms with E-state index in [-0.39, 0.29) is 5.04 Å². The second-order valence-electron chi connectivity index (χ2n) is 6.82. The fourth-order valence-electron chi connectivity index (χ4n) is 1.60. The Morgan fingerprint density at radius 2 is 1.95 bits per heavy atom. The minimum absolute atomic E-state index is 0.195. The van der Waals surface area contributed by atoms with Crippen molar-refractivity contribution in [2.75, 3.05) is 6.61 Å². The van der Waals surface area contributed by atoms with Gasteiger partial charge in [-0.05, 0) is 41.0 Å². The monoisotopic (exact) mass is 362 g/mol. The minimum Gasteiger partial charge on any atom is -0.417 e. The molecule has 20 heavy (non-hydrogen) atoms. The Morgan fingerprint density at radius 1 is 1.40 bits per heavy atom. The number of halogens is 1. The van der Waals surface area contributed by atoms with Crippen LogP contribution in [0, 0.1) is 6.92 Å². The highest BCUT2D eigenvalue weighted by molar-refractivity contribution is 9.10. The number of aryl methyl sites for hydroxylation is 1. The zero-order valence-electron chi connectivity index (χ0n) is 13.6. The van der Waals surface area contributed by atoms with E-state index in [2.05, 4.69) is 54.9 Å². The normalized spacial score (nSPS) is 14.7. The fraction of sp³-hybridized carbons (Fsp3) is 0.786. The third-order valence-electron chi connectivity index (χ3n) is 4.26. The summed E-state index contributed by atoms with van der Waals surface area (Å²) in [6, 6.07) is 0. The van der Waals surface area contributed by atoms with Crippen molar-refractivity contribution in [3.63, 3.8) is 0 Å². The molecule has 0 aliphatic carbocycles. The molecule has 1 aromatic heterocycles. The summed E-state index contributed by atoms with van der Waals surface area (Å²) in [5.74, 6) is 0. The Balaban J connectivity index is 2.61. The van der Waals surface area contributed by atoms with Crippen LogP contribution in [0.2, 0.25) is 18.1 Å². The number of hydrogen-bond acceptors (Lipinski definition) is 3. The van der Waals surface area contributed by atoms with Crippen LogP contribution in [0.3, 0.4) is 0 Å². The highest BCUT2D eigenvalue weighted by atomic mass is 79.9. The van der Waals surface area contributed by atoms with E-state index >= 15 is 0 Å². The number of nitrogens with zero attached hydrogens (tertiary/aromatic N) is 2. The van der Waals surface area contributed by atoms with Gasteiger partial charge in [0, 0.05) is 25.8 Å². The van der Waals surface area contributed by atoms with Gasteiger partial charge < -0.3 is 9.53 Å². The largest absolute Gasteiger partial charge is 0.417 e. The van der Waals surface area contributed by atoms with E-state index < -0.39 is 14.4 Å². The van der Waals surface area contributed by atoms with Gasteiger partial charge in [-0.2, -0.15) is 5.10 Å². The van der Waals surface area contributed by atoms with Crippen LogP contribution in [0.15, 0.2) is 4.47 Å². The van der Waals surface area contributed by atoms with Crippen molar-refractivity contribution in [2.24, 2.45) is 7.05 Å². The number of aromatic nitrogens is 2. The van der Waals surface area contributed by atoms with Gasteiger partial charge in [-0.1, -0.05) is 20.8 Å². The third kappa shape index (κ3) is 3.93. The maximum atomic E-state index is 10.3. The minimum atomic E-state index is -1.74. The average molecular weight is 363 g/mol. The van der Waals surface area contributed by atoms with Crippen LogP contribution in [0.5, 0.6) is 0 Å². The van der Waals surface area contributed by atoms with Crippen molar-refractivity contribution < 1.29 is 9.53 Å². The molecule has 4 nitrogen and oxygen atoms in total. The highest BCUT2D eigenvalue weighted by Gasteiger charge is 2.37. The second-order valence-corrected chi connectivity index (χ2v) is 12.4. The van der Waals surface area contributed by atoms with E-state index in [0.29, 0.717) is 18.7 Å². The molecule has 0 saturated heterocycles. The lowest BCUT2D eigenvalue weighted by molar-refractivity contribution is 0.131. The molecule has 0 aliphatic heterocycles. The Morgan fingerprint density at radius 3 is 2.35 bits per heavy atom. The molecule has 0 aromatic carbocycles. The molecular weight excluding hydrogens is 336 g/mol. The molecule has 0 spiro atoms. The lowest BCUT2D eigenvalue weighted by atomic mass is 10.2. The van der Waals surface area contributed by atoms with Gasteiger partial charge in [0.05, 0.1) is 4.47 Å². The van der Waals surface area contributed by atoms with Crippen LogP contribution in [-0.2, 0) is 11.5 Å². The predicted molar refractivity (Wildman–Crippen MR) is 88.4 cm³/mol. The predicted octanol–water partition coefficient (Wildman–Crippen LogP) is 3.94. The molecule has 1 aromatic rings. The fourth-order valence-corrected chi connectivity index (χ4v) is 3.26. The molecule has 0 amide bonds. The molecule has 0 bridgehead atoms. The van der Waals surface area contributed by atoms with Gasteiger partial charge in [-0.25, -0.2) is 0 Å². The third-order valence-corrected chi connectivity index (χ3v) is 9.78. The summed E-state index contributed by atoms with van der Waals surface area (Å²) in [6.07, 6.45) is -0.0179. The van der Waals surface area contributed by atoms with Crippen molar-refractivity contribution in [3.05, 3.63) is 15.9 Å². The van der Waals surface area contributed by atoms with Gasteiger partial charge >= 0.3 is 0 Å². The zero-order chi connectivity index (χ0) is 15.7. The summed E-state index contributed by atoms with van der Waals surface area (Å²) in [5.41, 5.74) is 1.72. The average Bonchev–Trinajstić information content (AvgIpc) is 2.55. The molecule has 1 heterocycles. The Hall–Kier alpha value is -0.173. The van der Waals surface area contributed by atoms with Crippen molar-refractivity contribution >= 4 is 24.2 Å². The first-order chi connectivity index (χ1) is 8.97. The number of aliphatic hydroxyl groups is 1. The maximum Gasteiger partial charge on any atom is 0.191 e. The van der Waals surface area contributed by atoms with Gasteiger partial charge in [-0.15, -0.1) is 0 Å². The van der Waals surface area contributed by atoms with Crippen LogP contribution in [0.25, 0.3) is 0 Å². The molecule has 116 valence electrons. The van der Waals surface area contributed by atoms with E-state index in [9.17, 15) is 5.11 Å². The first kappa shape index (κ1) is 17.9. The van der Waals surface area contributed by atoms with Crippen molar-refractivity contribution in [2.45, 2.75) is 58.4 Å². The van der Waals surface area contributed by atoms with E-state index in [0.717, 1.165) is 10.2 Å². The maximum absolute atomic E-state index is 10.3. The molecule has 1 rings (SSSR count). The molecular formula is C14H27BrN2O2Si. The Kier molecular flexibility index (Phi) is 5.63. The van der Waals surface area contributed by atoms with E-state index in [1.807, 2.05) is 14.0 Å².